The van der Waals surface area contributed by atoms with Gasteiger partial charge in [0.15, 0.2) is 11.4 Å². The van der Waals surface area contributed by atoms with Gasteiger partial charge in [-0.05, 0) is 132 Å². The molecule has 0 saturated carbocycles. The molecule has 0 spiro atoms. The quantitative estimate of drug-likeness (QED) is 0.0643. The molecule has 10 heteroatoms. The average Bonchev–Trinajstić information content (AvgIpc) is 3.28. The molecule has 2 unspecified atom stereocenters. The second kappa shape index (κ2) is 18.5. The fourth-order valence-corrected chi connectivity index (χ4v) is 6.58. The fraction of sp³-hybridized carbons (Fsp3) is 0.208. The Balaban J connectivity index is 1.01. The predicted octanol–water partition coefficient (Wildman–Crippen LogP) is 10.3. The van der Waals surface area contributed by atoms with Crippen molar-refractivity contribution in [2.45, 2.75) is 37.5 Å². The van der Waals surface area contributed by atoms with Gasteiger partial charge in [-0.3, -0.25) is 0 Å². The topological polar surface area (TPSA) is 104 Å². The molecule has 5 aromatic rings. The summed E-state index contributed by atoms with van der Waals surface area (Å²) in [5.74, 6) is 3.21. The van der Waals surface area contributed by atoms with E-state index in [0.29, 0.717) is 26.1 Å². The molecule has 2 aliphatic rings. The molecule has 2 atom stereocenters. The standard InChI is InChI=1S/C48H50N4O6/c1-53-43-17-9-37(10-18-43)49-39-25-29-47(30-26-39,51-41-13-21-45(55-3)22-14-41)57-33-35-5-7-36(8-6-35)34-58-48(52-42-15-23-46(56-4)24-16-42)31-27-40(28-32-48)50-38-11-19-44(54-2)20-12-38/h5-29,31,49-52H,30,32-34H2,1-4H3. The molecule has 0 saturated heterocycles. The van der Waals surface area contributed by atoms with Gasteiger partial charge in [0.1, 0.15) is 23.0 Å². The van der Waals surface area contributed by atoms with E-state index < -0.39 is 11.4 Å². The number of ether oxygens (including phenoxy) is 6. The predicted molar refractivity (Wildman–Crippen MR) is 232 cm³/mol. The Morgan fingerprint density at radius 3 is 1.00 bits per heavy atom. The number of nitrogens with one attached hydrogen (secondary N) is 4. The Morgan fingerprint density at radius 2 is 0.724 bits per heavy atom. The molecular formula is C48H50N4O6. The minimum Gasteiger partial charge on any atom is -0.497 e. The smallest absolute Gasteiger partial charge is 0.162 e. The fourth-order valence-electron chi connectivity index (χ4n) is 6.58. The number of hydrogen-bond donors (Lipinski definition) is 4. The van der Waals surface area contributed by atoms with Crippen LogP contribution in [0.1, 0.15) is 24.0 Å². The van der Waals surface area contributed by atoms with Crippen molar-refractivity contribution in [3.8, 4) is 23.0 Å². The zero-order valence-electron chi connectivity index (χ0n) is 33.3. The van der Waals surface area contributed by atoms with Gasteiger partial charge in [-0.1, -0.05) is 36.4 Å². The second-order valence-electron chi connectivity index (χ2n) is 14.0. The number of hydrogen-bond acceptors (Lipinski definition) is 10. The van der Waals surface area contributed by atoms with E-state index in [4.69, 9.17) is 28.4 Å². The van der Waals surface area contributed by atoms with Gasteiger partial charge < -0.3 is 49.7 Å². The minimum atomic E-state index is -0.775. The molecule has 2 aliphatic carbocycles. The van der Waals surface area contributed by atoms with Crippen LogP contribution < -0.4 is 40.2 Å². The second-order valence-corrected chi connectivity index (χ2v) is 14.0. The highest BCUT2D eigenvalue weighted by atomic mass is 16.5. The third kappa shape index (κ3) is 10.4. The van der Waals surface area contributed by atoms with Crippen molar-refractivity contribution >= 4 is 22.7 Å². The summed E-state index contributed by atoms with van der Waals surface area (Å²) in [6.07, 6.45) is 13.7. The van der Waals surface area contributed by atoms with E-state index in [2.05, 4.69) is 69.8 Å². The zero-order valence-corrected chi connectivity index (χ0v) is 33.3. The summed E-state index contributed by atoms with van der Waals surface area (Å²) < 4.78 is 34.8. The third-order valence-corrected chi connectivity index (χ3v) is 9.98. The molecule has 0 amide bonds. The highest BCUT2D eigenvalue weighted by molar-refractivity contribution is 5.57. The van der Waals surface area contributed by atoms with Crippen LogP contribution in [0.2, 0.25) is 0 Å². The SMILES string of the molecule is COc1ccc(NC2=CCC(Nc3ccc(OC)cc3)(OCc3ccc(COC4(Nc5ccc(OC)cc5)C=CC(Nc5ccc(OC)cc5)=CC4)cc3)C=C2)cc1. The van der Waals surface area contributed by atoms with Crippen LogP contribution in [-0.4, -0.2) is 39.9 Å². The molecule has 10 nitrogen and oxygen atoms in total. The van der Waals surface area contributed by atoms with E-state index in [9.17, 15) is 0 Å². The molecule has 0 fully saturated rings. The van der Waals surface area contributed by atoms with Gasteiger partial charge in [0, 0.05) is 47.0 Å². The molecule has 0 bridgehead atoms. The van der Waals surface area contributed by atoms with Gasteiger partial charge in [0.25, 0.3) is 0 Å². The first-order valence-corrected chi connectivity index (χ1v) is 19.2. The van der Waals surface area contributed by atoms with Crippen molar-refractivity contribution in [3.63, 3.8) is 0 Å². The lowest BCUT2D eigenvalue weighted by atomic mass is 10.0. The van der Waals surface area contributed by atoms with Gasteiger partial charge in [-0.2, -0.15) is 0 Å². The normalized spacial score (nSPS) is 18.3. The molecule has 0 radical (unpaired) electrons. The molecule has 4 N–H and O–H groups in total. The molecule has 0 aromatic heterocycles. The first-order chi connectivity index (χ1) is 28.4. The summed E-state index contributed by atoms with van der Waals surface area (Å²) in [4.78, 5) is 0. The number of methoxy groups -OCH3 is 4. The van der Waals surface area contributed by atoms with Crippen LogP contribution in [0.25, 0.3) is 0 Å². The van der Waals surface area contributed by atoms with Crippen LogP contribution in [0, 0.1) is 0 Å². The first kappa shape index (κ1) is 39.6. The molecule has 0 aliphatic heterocycles. The summed E-state index contributed by atoms with van der Waals surface area (Å²) in [7, 11) is 6.66. The highest BCUT2D eigenvalue weighted by Gasteiger charge is 2.31. The van der Waals surface area contributed by atoms with E-state index in [1.54, 1.807) is 28.4 Å². The monoisotopic (exact) mass is 778 g/mol. The number of benzene rings is 5. The maximum atomic E-state index is 6.71. The summed E-state index contributed by atoms with van der Waals surface area (Å²) in [5, 5.41) is 14.2. The van der Waals surface area contributed by atoms with Crippen molar-refractivity contribution in [3.05, 3.63) is 180 Å². The Kier molecular flexibility index (Phi) is 12.7. The lowest BCUT2D eigenvalue weighted by Crippen LogP contribution is -2.40. The Bertz CT molecular complexity index is 2060. The molecular weight excluding hydrogens is 729 g/mol. The summed E-state index contributed by atoms with van der Waals surface area (Å²) in [6, 6.07) is 39.8. The first-order valence-electron chi connectivity index (χ1n) is 19.2. The van der Waals surface area contributed by atoms with Crippen LogP contribution in [-0.2, 0) is 22.7 Å². The van der Waals surface area contributed by atoms with Gasteiger partial charge >= 0.3 is 0 Å². The van der Waals surface area contributed by atoms with E-state index in [-0.39, 0.29) is 0 Å². The van der Waals surface area contributed by atoms with Crippen molar-refractivity contribution in [1.82, 2.24) is 0 Å². The van der Waals surface area contributed by atoms with Gasteiger partial charge in [0.05, 0.1) is 41.7 Å². The molecule has 7 rings (SSSR count). The van der Waals surface area contributed by atoms with Crippen LogP contribution in [0.3, 0.4) is 0 Å². The van der Waals surface area contributed by atoms with Crippen molar-refractivity contribution in [2.24, 2.45) is 0 Å². The summed E-state index contributed by atoms with van der Waals surface area (Å²) in [6.45, 7) is 0.786. The lowest BCUT2D eigenvalue weighted by Gasteiger charge is -2.35. The van der Waals surface area contributed by atoms with Gasteiger partial charge in [0.2, 0.25) is 0 Å². The van der Waals surface area contributed by atoms with E-state index in [1.807, 2.05) is 109 Å². The van der Waals surface area contributed by atoms with Gasteiger partial charge in [-0.15, -0.1) is 0 Å². The van der Waals surface area contributed by atoms with Crippen molar-refractivity contribution in [2.75, 3.05) is 49.7 Å². The Morgan fingerprint density at radius 1 is 0.414 bits per heavy atom. The van der Waals surface area contributed by atoms with Crippen molar-refractivity contribution in [1.29, 1.82) is 0 Å². The largest absolute Gasteiger partial charge is 0.497 e. The Hall–Kier alpha value is -6.62. The van der Waals surface area contributed by atoms with Crippen LogP contribution in [0.5, 0.6) is 23.0 Å². The number of anilines is 4. The summed E-state index contributed by atoms with van der Waals surface area (Å²) >= 11 is 0. The van der Waals surface area contributed by atoms with Crippen LogP contribution in [0.15, 0.2) is 169 Å². The van der Waals surface area contributed by atoms with E-state index in [0.717, 1.165) is 68.3 Å². The van der Waals surface area contributed by atoms with Gasteiger partial charge in [-0.25, -0.2) is 0 Å². The number of rotatable bonds is 18. The average molecular weight is 779 g/mol. The summed E-state index contributed by atoms with van der Waals surface area (Å²) in [5.41, 5.74) is 6.29. The maximum Gasteiger partial charge on any atom is 0.162 e. The van der Waals surface area contributed by atoms with E-state index in [1.165, 1.54) is 0 Å². The van der Waals surface area contributed by atoms with E-state index >= 15 is 0 Å². The third-order valence-electron chi connectivity index (χ3n) is 9.98. The van der Waals surface area contributed by atoms with Crippen LogP contribution in [0.4, 0.5) is 22.7 Å². The van der Waals surface area contributed by atoms with Crippen LogP contribution >= 0.6 is 0 Å². The zero-order chi connectivity index (χ0) is 40.2. The molecule has 0 heterocycles. The molecule has 58 heavy (non-hydrogen) atoms. The molecule has 298 valence electrons. The van der Waals surface area contributed by atoms with Crippen molar-refractivity contribution < 1.29 is 28.4 Å². The number of allylic oxidation sites excluding steroid dienone is 2. The maximum absolute atomic E-state index is 6.71. The lowest BCUT2D eigenvalue weighted by molar-refractivity contribution is 0.0000919. The Labute approximate surface area is 340 Å². The minimum absolute atomic E-state index is 0.393. The highest BCUT2D eigenvalue weighted by Crippen LogP contribution is 2.32. The molecule has 5 aromatic carbocycles.